The Labute approximate surface area is 176 Å². The predicted octanol–water partition coefficient (Wildman–Crippen LogP) is 3.94. The molecule has 0 aliphatic rings. The molecule has 30 heavy (non-hydrogen) atoms. The van der Waals surface area contributed by atoms with Crippen LogP contribution in [0.4, 0.5) is 13.2 Å². The first-order valence-corrected chi connectivity index (χ1v) is 11.0. The summed E-state index contributed by atoms with van der Waals surface area (Å²) in [6.07, 6.45) is -4.53. The second kappa shape index (κ2) is 9.71. The van der Waals surface area contributed by atoms with Crippen LogP contribution in [0.2, 0.25) is 0 Å². The molecule has 0 unspecified atom stereocenters. The van der Waals surface area contributed by atoms with E-state index in [4.69, 9.17) is 9.84 Å². The molecule has 11 heteroatoms. The maximum Gasteiger partial charge on any atom is 0.416 e. The first kappa shape index (κ1) is 24.0. The number of ether oxygens (including phenoxy) is 1. The summed E-state index contributed by atoms with van der Waals surface area (Å²) in [7, 11) is -3.95. The smallest absolute Gasteiger partial charge is 0.416 e. The molecule has 2 rings (SSSR count). The number of halogens is 3. The number of aliphatic carboxylic acids is 1. The van der Waals surface area contributed by atoms with Gasteiger partial charge in [0.15, 0.2) is 6.61 Å². The van der Waals surface area contributed by atoms with Crippen LogP contribution in [-0.2, 0) is 21.0 Å². The Balaban J connectivity index is 1.95. The van der Waals surface area contributed by atoms with Gasteiger partial charge in [-0.15, -0.1) is 11.8 Å². The van der Waals surface area contributed by atoms with Crippen LogP contribution < -0.4 is 9.46 Å². The van der Waals surface area contributed by atoms with Gasteiger partial charge in [0.1, 0.15) is 5.75 Å². The van der Waals surface area contributed by atoms with Crippen molar-refractivity contribution in [2.45, 2.75) is 35.1 Å². The van der Waals surface area contributed by atoms with Crippen LogP contribution in [0.15, 0.2) is 52.3 Å². The highest BCUT2D eigenvalue weighted by Crippen LogP contribution is 2.30. The second-order valence-electron chi connectivity index (χ2n) is 6.41. The zero-order chi connectivity index (χ0) is 22.5. The number of nitrogens with one attached hydrogen (secondary N) is 1. The number of sulfonamides is 1. The van der Waals surface area contributed by atoms with E-state index in [1.165, 1.54) is 11.8 Å². The van der Waals surface area contributed by atoms with Gasteiger partial charge < -0.3 is 9.84 Å². The maximum absolute atomic E-state index is 12.6. The fourth-order valence-electron chi connectivity index (χ4n) is 2.40. The quantitative estimate of drug-likeness (QED) is 0.548. The lowest BCUT2D eigenvalue weighted by molar-refractivity contribution is -0.139. The monoisotopic (exact) mass is 463 g/mol. The van der Waals surface area contributed by atoms with E-state index in [0.29, 0.717) is 5.75 Å². The third-order valence-corrected chi connectivity index (χ3v) is 6.42. The summed E-state index contributed by atoms with van der Waals surface area (Å²) in [5.74, 6) is -0.640. The molecule has 0 saturated heterocycles. The fourth-order valence-corrected chi connectivity index (χ4v) is 4.66. The summed E-state index contributed by atoms with van der Waals surface area (Å²) < 4.78 is 70.0. The molecule has 0 spiro atoms. The molecule has 0 aliphatic carbocycles. The average molecular weight is 463 g/mol. The van der Waals surface area contributed by atoms with E-state index in [9.17, 15) is 26.4 Å². The van der Waals surface area contributed by atoms with Crippen molar-refractivity contribution in [1.29, 1.82) is 0 Å². The molecule has 6 nitrogen and oxygen atoms in total. The molecule has 0 aromatic heterocycles. The van der Waals surface area contributed by atoms with Crippen molar-refractivity contribution in [3.63, 3.8) is 0 Å². The number of carboxylic acids is 1. The van der Waals surface area contributed by atoms with Crippen LogP contribution in [0.1, 0.15) is 18.1 Å². The normalized spacial score (nSPS) is 13.1. The molecule has 2 N–H and O–H groups in total. The molecule has 164 valence electrons. The first-order valence-electron chi connectivity index (χ1n) is 8.67. The summed E-state index contributed by atoms with van der Waals surface area (Å²) in [5, 5.41) is 8.48. The number of rotatable bonds is 9. The van der Waals surface area contributed by atoms with Gasteiger partial charge in [-0.25, -0.2) is 17.9 Å². The SMILES string of the molecule is Cc1cc(S[C@H](C)CNS(=O)(=O)c2ccc(C(F)(F)F)cc2)ccc1OCC(=O)O. The highest BCUT2D eigenvalue weighted by atomic mass is 32.2. The minimum Gasteiger partial charge on any atom is -0.482 e. The Morgan fingerprint density at radius 3 is 2.37 bits per heavy atom. The van der Waals surface area contributed by atoms with Crippen molar-refractivity contribution < 1.29 is 36.2 Å². The van der Waals surface area contributed by atoms with Gasteiger partial charge in [-0.05, 0) is 55.0 Å². The highest BCUT2D eigenvalue weighted by Gasteiger charge is 2.30. The Morgan fingerprint density at radius 2 is 1.83 bits per heavy atom. The van der Waals surface area contributed by atoms with Gasteiger partial charge in [0, 0.05) is 16.7 Å². The summed E-state index contributed by atoms with van der Waals surface area (Å²) in [6.45, 7) is 3.17. The molecule has 2 aromatic carbocycles. The molecule has 0 radical (unpaired) electrons. The van der Waals surface area contributed by atoms with Crippen LogP contribution in [0.25, 0.3) is 0 Å². The van der Waals surface area contributed by atoms with Gasteiger partial charge in [0.25, 0.3) is 0 Å². The molecule has 0 aliphatic heterocycles. The summed E-state index contributed by atoms with van der Waals surface area (Å²) in [6, 6.07) is 8.45. The van der Waals surface area contributed by atoms with Crippen LogP contribution in [0.3, 0.4) is 0 Å². The third-order valence-electron chi connectivity index (χ3n) is 3.89. The Hall–Kier alpha value is -2.24. The molecular formula is C19H20F3NO5S2. The van der Waals surface area contributed by atoms with Gasteiger partial charge >= 0.3 is 12.1 Å². The number of hydrogen-bond acceptors (Lipinski definition) is 5. The molecule has 1 atom stereocenters. The Morgan fingerprint density at radius 1 is 1.20 bits per heavy atom. The molecular weight excluding hydrogens is 443 g/mol. The molecule has 0 saturated carbocycles. The van der Waals surface area contributed by atoms with Crippen LogP contribution in [0, 0.1) is 6.92 Å². The van der Waals surface area contributed by atoms with Gasteiger partial charge in [-0.3, -0.25) is 0 Å². The average Bonchev–Trinajstić information content (AvgIpc) is 2.65. The van der Waals surface area contributed by atoms with E-state index in [1.54, 1.807) is 32.0 Å². The lowest BCUT2D eigenvalue weighted by atomic mass is 10.2. The largest absolute Gasteiger partial charge is 0.482 e. The van der Waals surface area contributed by atoms with E-state index in [-0.39, 0.29) is 16.7 Å². The van der Waals surface area contributed by atoms with Crippen molar-refractivity contribution in [2.24, 2.45) is 0 Å². The zero-order valence-corrected chi connectivity index (χ0v) is 17.7. The summed E-state index contributed by atoms with van der Waals surface area (Å²) >= 11 is 1.38. The first-order chi connectivity index (χ1) is 13.9. The summed E-state index contributed by atoms with van der Waals surface area (Å²) in [5.41, 5.74) is -0.185. The van der Waals surface area contributed by atoms with Crippen molar-refractivity contribution >= 4 is 27.8 Å². The third kappa shape index (κ3) is 6.92. The molecule has 0 fully saturated rings. The number of alkyl halides is 3. The topological polar surface area (TPSA) is 92.7 Å². The molecule has 0 amide bonds. The molecule has 0 bridgehead atoms. The zero-order valence-electron chi connectivity index (χ0n) is 16.1. The van der Waals surface area contributed by atoms with Crippen molar-refractivity contribution in [1.82, 2.24) is 4.72 Å². The Kier molecular flexibility index (Phi) is 7.78. The van der Waals surface area contributed by atoms with Crippen molar-refractivity contribution in [3.8, 4) is 5.75 Å². The van der Waals surface area contributed by atoms with Crippen molar-refractivity contribution in [2.75, 3.05) is 13.2 Å². The second-order valence-corrected chi connectivity index (χ2v) is 9.69. The number of thioether (sulfide) groups is 1. The number of carbonyl (C=O) groups is 1. The van der Waals surface area contributed by atoms with Crippen LogP contribution >= 0.6 is 11.8 Å². The van der Waals surface area contributed by atoms with Gasteiger partial charge in [-0.2, -0.15) is 13.2 Å². The number of carboxylic acid groups (broad SMARTS) is 1. The maximum atomic E-state index is 12.6. The fraction of sp³-hybridized carbons (Fsp3) is 0.316. The van der Waals surface area contributed by atoms with Crippen LogP contribution in [-0.4, -0.2) is 37.9 Å². The lowest BCUT2D eigenvalue weighted by Crippen LogP contribution is -2.29. The van der Waals surface area contributed by atoms with E-state index in [0.717, 1.165) is 34.7 Å². The summed E-state index contributed by atoms with van der Waals surface area (Å²) in [4.78, 5) is 11.2. The Bertz CT molecular complexity index is 992. The van der Waals surface area contributed by atoms with E-state index < -0.39 is 34.3 Å². The van der Waals surface area contributed by atoms with E-state index >= 15 is 0 Å². The standard InChI is InChI=1S/C19H20F3NO5S2/c1-12-9-15(5-8-17(12)28-11-18(24)25)29-13(2)10-23-30(26,27)16-6-3-14(4-7-16)19(20,21)22/h3-9,13,23H,10-11H2,1-2H3,(H,24,25)/t13-/m1/s1. The van der Waals surface area contributed by atoms with Crippen LogP contribution in [0.5, 0.6) is 5.75 Å². The van der Waals surface area contributed by atoms with Crippen molar-refractivity contribution in [3.05, 3.63) is 53.6 Å². The molecule has 2 aromatic rings. The van der Waals surface area contributed by atoms with Gasteiger partial charge in [-0.1, -0.05) is 6.92 Å². The highest BCUT2D eigenvalue weighted by molar-refractivity contribution is 8.00. The molecule has 0 heterocycles. The lowest BCUT2D eigenvalue weighted by Gasteiger charge is -2.15. The number of hydrogen-bond donors (Lipinski definition) is 2. The van der Waals surface area contributed by atoms with Gasteiger partial charge in [0.2, 0.25) is 10.0 Å². The number of benzene rings is 2. The van der Waals surface area contributed by atoms with E-state index in [2.05, 4.69) is 4.72 Å². The van der Waals surface area contributed by atoms with E-state index in [1.807, 2.05) is 0 Å². The number of aryl methyl sites for hydroxylation is 1. The predicted molar refractivity (Wildman–Crippen MR) is 106 cm³/mol. The van der Waals surface area contributed by atoms with Gasteiger partial charge in [0.05, 0.1) is 10.5 Å². The minimum absolute atomic E-state index is 0.0599. The minimum atomic E-state index is -4.53.